The number of nitrogens with one attached hydrogen (secondary N) is 1. The van der Waals surface area contributed by atoms with Crippen LogP contribution in [0.25, 0.3) is 22.2 Å². The molecule has 2 amide bonds. The van der Waals surface area contributed by atoms with Crippen molar-refractivity contribution in [1.82, 2.24) is 18.5 Å². The molecule has 0 aliphatic carbocycles. The number of amides is 2. The first-order valence-electron chi connectivity index (χ1n) is 10.4. The van der Waals surface area contributed by atoms with E-state index in [2.05, 4.69) is 67.5 Å². The molecular formula is C24H23N5OS. The Kier molecular flexibility index (Phi) is 5.60. The Balaban J connectivity index is 1.18. The van der Waals surface area contributed by atoms with Crippen molar-refractivity contribution in [2.75, 3.05) is 31.5 Å². The summed E-state index contributed by atoms with van der Waals surface area (Å²) in [6.45, 7) is 4.00. The quantitative estimate of drug-likeness (QED) is 0.510. The minimum Gasteiger partial charge on any atom is -0.322 e. The van der Waals surface area contributed by atoms with Crippen molar-refractivity contribution in [2.45, 2.75) is 6.54 Å². The summed E-state index contributed by atoms with van der Waals surface area (Å²) in [4.78, 5) is 17.0. The van der Waals surface area contributed by atoms with Crippen molar-refractivity contribution in [3.63, 3.8) is 0 Å². The van der Waals surface area contributed by atoms with Crippen LogP contribution in [-0.4, -0.2) is 50.8 Å². The summed E-state index contributed by atoms with van der Waals surface area (Å²) in [6.07, 6.45) is 0. The number of benzene rings is 3. The Labute approximate surface area is 185 Å². The second-order valence-corrected chi connectivity index (χ2v) is 8.23. The largest absolute Gasteiger partial charge is 0.322 e. The standard InChI is InChI=1S/C24H23N5OS/c30-24(25-21-10-5-11-22-23(21)27-31-26-22)29-14-12-28(13-15-29)17-18-6-4-9-20(16-18)19-7-2-1-3-8-19/h1-11,16H,12-15,17H2,(H,25,30). The molecule has 0 spiro atoms. The van der Waals surface area contributed by atoms with Crippen molar-refractivity contribution in [3.05, 3.63) is 78.4 Å². The van der Waals surface area contributed by atoms with E-state index < -0.39 is 0 Å². The number of aromatic nitrogens is 2. The fourth-order valence-corrected chi connectivity index (χ4v) is 4.50. The van der Waals surface area contributed by atoms with Gasteiger partial charge in [0.2, 0.25) is 0 Å². The number of piperazine rings is 1. The van der Waals surface area contributed by atoms with Gasteiger partial charge in [-0.25, -0.2) is 4.79 Å². The zero-order valence-electron chi connectivity index (χ0n) is 17.1. The normalized spacial score (nSPS) is 14.6. The highest BCUT2D eigenvalue weighted by Gasteiger charge is 2.22. The van der Waals surface area contributed by atoms with Crippen LogP contribution in [0.1, 0.15) is 5.56 Å². The molecule has 0 saturated carbocycles. The first-order chi connectivity index (χ1) is 15.3. The van der Waals surface area contributed by atoms with Gasteiger partial charge in [0.05, 0.1) is 17.4 Å². The lowest BCUT2D eigenvalue weighted by Crippen LogP contribution is -2.49. The van der Waals surface area contributed by atoms with Gasteiger partial charge in [0.25, 0.3) is 0 Å². The van der Waals surface area contributed by atoms with E-state index in [1.54, 1.807) is 0 Å². The average molecular weight is 430 g/mol. The molecule has 156 valence electrons. The SMILES string of the molecule is O=C(Nc1cccc2nsnc12)N1CCN(Cc2cccc(-c3ccccc3)c2)CC1. The molecule has 0 unspecified atom stereocenters. The summed E-state index contributed by atoms with van der Waals surface area (Å²) >= 11 is 1.16. The van der Waals surface area contributed by atoms with Crippen LogP contribution in [0.2, 0.25) is 0 Å². The zero-order chi connectivity index (χ0) is 21.0. The van der Waals surface area contributed by atoms with Crippen molar-refractivity contribution < 1.29 is 4.79 Å². The van der Waals surface area contributed by atoms with Crippen LogP contribution in [0, 0.1) is 0 Å². The molecule has 2 heterocycles. The van der Waals surface area contributed by atoms with Crippen LogP contribution in [0.15, 0.2) is 72.8 Å². The molecule has 1 aliphatic rings. The maximum atomic E-state index is 12.8. The number of fused-ring (bicyclic) bond motifs is 1. The molecule has 1 aliphatic heterocycles. The Hall–Kier alpha value is -3.29. The molecule has 1 N–H and O–H groups in total. The van der Waals surface area contributed by atoms with Crippen molar-refractivity contribution in [1.29, 1.82) is 0 Å². The van der Waals surface area contributed by atoms with Gasteiger partial charge in [-0.1, -0.05) is 54.6 Å². The van der Waals surface area contributed by atoms with Crippen molar-refractivity contribution in [3.8, 4) is 11.1 Å². The van der Waals surface area contributed by atoms with E-state index in [1.165, 1.54) is 16.7 Å². The molecule has 3 aromatic carbocycles. The number of anilines is 1. The molecule has 0 radical (unpaired) electrons. The number of urea groups is 1. The van der Waals surface area contributed by atoms with Gasteiger partial charge in [-0.05, 0) is 34.9 Å². The highest BCUT2D eigenvalue weighted by Crippen LogP contribution is 2.23. The third kappa shape index (κ3) is 4.42. The van der Waals surface area contributed by atoms with E-state index in [1.807, 2.05) is 29.2 Å². The van der Waals surface area contributed by atoms with Gasteiger partial charge in [0.15, 0.2) is 0 Å². The first-order valence-corrected chi connectivity index (χ1v) is 11.1. The molecule has 1 saturated heterocycles. The molecule has 7 heteroatoms. The molecule has 6 nitrogen and oxygen atoms in total. The third-order valence-electron chi connectivity index (χ3n) is 5.63. The predicted molar refractivity (Wildman–Crippen MR) is 125 cm³/mol. The summed E-state index contributed by atoms with van der Waals surface area (Å²) in [5, 5.41) is 3.00. The van der Waals surface area contributed by atoms with Crippen molar-refractivity contribution in [2.24, 2.45) is 0 Å². The van der Waals surface area contributed by atoms with Crippen LogP contribution in [0.3, 0.4) is 0 Å². The summed E-state index contributed by atoms with van der Waals surface area (Å²) in [5.41, 5.74) is 6.04. The number of nitrogens with zero attached hydrogens (tertiary/aromatic N) is 4. The fourth-order valence-electron chi connectivity index (χ4n) is 3.95. The second-order valence-electron chi connectivity index (χ2n) is 7.70. The van der Waals surface area contributed by atoms with Gasteiger partial charge in [0, 0.05) is 32.7 Å². The van der Waals surface area contributed by atoms with E-state index in [0.717, 1.165) is 48.1 Å². The van der Waals surface area contributed by atoms with Crippen LogP contribution >= 0.6 is 11.7 Å². The van der Waals surface area contributed by atoms with Crippen molar-refractivity contribution >= 4 is 34.5 Å². The number of hydrogen-bond acceptors (Lipinski definition) is 5. The minimum absolute atomic E-state index is 0.0776. The van der Waals surface area contributed by atoms with Gasteiger partial charge in [-0.3, -0.25) is 4.90 Å². The molecule has 1 aromatic heterocycles. The molecule has 4 aromatic rings. The molecular weight excluding hydrogens is 406 g/mol. The van der Waals surface area contributed by atoms with E-state index >= 15 is 0 Å². The Morgan fingerprint density at radius 2 is 1.65 bits per heavy atom. The lowest BCUT2D eigenvalue weighted by Gasteiger charge is -2.34. The number of carbonyl (C=O) groups is 1. The Morgan fingerprint density at radius 1 is 0.871 bits per heavy atom. The van der Waals surface area contributed by atoms with Crippen LogP contribution < -0.4 is 5.32 Å². The summed E-state index contributed by atoms with van der Waals surface area (Å²) in [5.74, 6) is 0. The van der Waals surface area contributed by atoms with Crippen LogP contribution in [-0.2, 0) is 6.54 Å². The van der Waals surface area contributed by atoms with E-state index in [-0.39, 0.29) is 6.03 Å². The number of carbonyl (C=O) groups excluding carboxylic acids is 1. The number of rotatable bonds is 4. The highest BCUT2D eigenvalue weighted by molar-refractivity contribution is 7.00. The maximum Gasteiger partial charge on any atom is 0.321 e. The maximum absolute atomic E-state index is 12.8. The number of hydrogen-bond donors (Lipinski definition) is 1. The lowest BCUT2D eigenvalue weighted by molar-refractivity contribution is 0.143. The van der Waals surface area contributed by atoms with Gasteiger partial charge in [0.1, 0.15) is 11.0 Å². The fraction of sp³-hybridized carbons (Fsp3) is 0.208. The smallest absolute Gasteiger partial charge is 0.321 e. The van der Waals surface area contributed by atoms with Crippen LogP contribution in [0.5, 0.6) is 0 Å². The summed E-state index contributed by atoms with van der Waals surface area (Å²) in [7, 11) is 0. The predicted octanol–water partition coefficient (Wildman–Crippen LogP) is 4.71. The van der Waals surface area contributed by atoms with E-state index in [0.29, 0.717) is 13.1 Å². The highest BCUT2D eigenvalue weighted by atomic mass is 32.1. The molecule has 0 bridgehead atoms. The molecule has 31 heavy (non-hydrogen) atoms. The van der Waals surface area contributed by atoms with E-state index in [4.69, 9.17) is 0 Å². The molecule has 5 rings (SSSR count). The van der Waals surface area contributed by atoms with Gasteiger partial charge in [-0.2, -0.15) is 8.75 Å². The summed E-state index contributed by atoms with van der Waals surface area (Å²) in [6, 6.07) is 24.7. The van der Waals surface area contributed by atoms with Crippen LogP contribution in [0.4, 0.5) is 10.5 Å². The third-order valence-corrected chi connectivity index (χ3v) is 6.17. The Bertz CT molecular complexity index is 1180. The topological polar surface area (TPSA) is 61.4 Å². The second kappa shape index (κ2) is 8.83. The minimum atomic E-state index is -0.0776. The first kappa shape index (κ1) is 19.7. The molecule has 0 atom stereocenters. The average Bonchev–Trinajstić information content (AvgIpc) is 3.30. The lowest BCUT2D eigenvalue weighted by atomic mass is 10.0. The van der Waals surface area contributed by atoms with Gasteiger partial charge < -0.3 is 10.2 Å². The van der Waals surface area contributed by atoms with E-state index in [9.17, 15) is 4.79 Å². The monoisotopic (exact) mass is 429 g/mol. The summed E-state index contributed by atoms with van der Waals surface area (Å²) < 4.78 is 8.53. The molecule has 1 fully saturated rings. The zero-order valence-corrected chi connectivity index (χ0v) is 17.9. The van der Waals surface area contributed by atoms with Gasteiger partial charge in [-0.15, -0.1) is 0 Å². The van der Waals surface area contributed by atoms with Gasteiger partial charge >= 0.3 is 6.03 Å². The Morgan fingerprint density at radius 3 is 2.48 bits per heavy atom.